The van der Waals surface area contributed by atoms with E-state index >= 15 is 0 Å². The van der Waals surface area contributed by atoms with Gasteiger partial charge in [-0.15, -0.1) is 0 Å². The van der Waals surface area contributed by atoms with Crippen molar-refractivity contribution in [2.75, 3.05) is 0 Å². The molecule has 2 heteroatoms. The van der Waals surface area contributed by atoms with E-state index in [0.717, 1.165) is 27.9 Å². The molecule has 3 aromatic rings. The van der Waals surface area contributed by atoms with E-state index in [1.54, 1.807) is 12.1 Å². The number of rotatable bonds is 1. The molecule has 2 aromatic carbocycles. The third-order valence-corrected chi connectivity index (χ3v) is 2.91. The summed E-state index contributed by atoms with van der Waals surface area (Å²) in [6, 6.07) is 15.4. The molecule has 0 fully saturated rings. The fourth-order valence-corrected chi connectivity index (χ4v) is 2.17. The molecule has 17 heavy (non-hydrogen) atoms. The minimum Gasteiger partial charge on any atom is -0.508 e. The van der Waals surface area contributed by atoms with Crippen LogP contribution in [0.1, 0.15) is 5.76 Å². The molecule has 0 saturated carbocycles. The number of aryl methyl sites for hydroxylation is 1. The zero-order valence-electron chi connectivity index (χ0n) is 9.47. The highest BCUT2D eigenvalue weighted by molar-refractivity contribution is 5.96. The molecule has 3 rings (SSSR count). The summed E-state index contributed by atoms with van der Waals surface area (Å²) in [6.45, 7) is 1.94. The normalized spacial score (nSPS) is 10.9. The van der Waals surface area contributed by atoms with Crippen LogP contribution in [0.3, 0.4) is 0 Å². The van der Waals surface area contributed by atoms with Gasteiger partial charge in [0.1, 0.15) is 17.1 Å². The monoisotopic (exact) mass is 224 g/mol. The molecule has 84 valence electrons. The van der Waals surface area contributed by atoms with Crippen molar-refractivity contribution >= 4 is 11.0 Å². The molecule has 0 radical (unpaired) electrons. The van der Waals surface area contributed by atoms with Crippen LogP contribution in [-0.4, -0.2) is 5.11 Å². The van der Waals surface area contributed by atoms with Crippen LogP contribution in [0.25, 0.3) is 22.1 Å². The van der Waals surface area contributed by atoms with Crippen molar-refractivity contribution in [2.24, 2.45) is 0 Å². The molecule has 0 amide bonds. The second-order valence-corrected chi connectivity index (χ2v) is 4.08. The third kappa shape index (κ3) is 1.58. The Hall–Kier alpha value is -2.22. The van der Waals surface area contributed by atoms with Gasteiger partial charge < -0.3 is 9.52 Å². The summed E-state index contributed by atoms with van der Waals surface area (Å²) in [5.74, 6) is 1.10. The Labute approximate surface area is 99.1 Å². The molecule has 0 aliphatic rings. The van der Waals surface area contributed by atoms with Crippen LogP contribution in [0, 0.1) is 6.92 Å². The third-order valence-electron chi connectivity index (χ3n) is 2.91. The zero-order chi connectivity index (χ0) is 11.8. The Morgan fingerprint density at radius 1 is 1.00 bits per heavy atom. The SMILES string of the molecule is Cc1oc2cc(O)ccc2c1-c1ccccc1. The van der Waals surface area contributed by atoms with Gasteiger partial charge in [0.15, 0.2) is 0 Å². The first-order valence-corrected chi connectivity index (χ1v) is 5.53. The highest BCUT2D eigenvalue weighted by Gasteiger charge is 2.12. The molecule has 0 spiro atoms. The predicted molar refractivity (Wildman–Crippen MR) is 68.1 cm³/mol. The second-order valence-electron chi connectivity index (χ2n) is 4.08. The lowest BCUT2D eigenvalue weighted by atomic mass is 10.0. The maximum Gasteiger partial charge on any atom is 0.138 e. The summed E-state index contributed by atoms with van der Waals surface area (Å²) >= 11 is 0. The van der Waals surface area contributed by atoms with Crippen LogP contribution in [-0.2, 0) is 0 Å². The number of benzene rings is 2. The number of hydrogen-bond acceptors (Lipinski definition) is 2. The van der Waals surface area contributed by atoms with E-state index in [0.29, 0.717) is 0 Å². The van der Waals surface area contributed by atoms with Crippen molar-refractivity contribution in [2.45, 2.75) is 6.92 Å². The van der Waals surface area contributed by atoms with Gasteiger partial charge in [-0.05, 0) is 24.6 Å². The average molecular weight is 224 g/mol. The van der Waals surface area contributed by atoms with Crippen molar-refractivity contribution < 1.29 is 9.52 Å². The van der Waals surface area contributed by atoms with Crippen LogP contribution < -0.4 is 0 Å². The van der Waals surface area contributed by atoms with Gasteiger partial charge in [-0.1, -0.05) is 30.3 Å². The number of hydrogen-bond donors (Lipinski definition) is 1. The second kappa shape index (κ2) is 3.67. The van der Waals surface area contributed by atoms with Crippen LogP contribution in [0.5, 0.6) is 5.75 Å². The van der Waals surface area contributed by atoms with E-state index in [-0.39, 0.29) is 5.75 Å². The smallest absolute Gasteiger partial charge is 0.138 e. The largest absolute Gasteiger partial charge is 0.508 e. The Kier molecular flexibility index (Phi) is 2.15. The molecular formula is C15H12O2. The van der Waals surface area contributed by atoms with Crippen LogP contribution in [0.4, 0.5) is 0 Å². The van der Waals surface area contributed by atoms with Crippen molar-refractivity contribution in [3.05, 3.63) is 54.3 Å². The van der Waals surface area contributed by atoms with Gasteiger partial charge in [0.25, 0.3) is 0 Å². The summed E-state index contributed by atoms with van der Waals surface area (Å²) in [5.41, 5.74) is 2.95. The summed E-state index contributed by atoms with van der Waals surface area (Å²) in [7, 11) is 0. The zero-order valence-corrected chi connectivity index (χ0v) is 9.47. The average Bonchev–Trinajstić information content (AvgIpc) is 2.65. The molecule has 1 aromatic heterocycles. The molecule has 1 heterocycles. The van der Waals surface area contributed by atoms with E-state index in [1.807, 2.05) is 31.2 Å². The number of phenols is 1. The fourth-order valence-electron chi connectivity index (χ4n) is 2.17. The van der Waals surface area contributed by atoms with E-state index in [2.05, 4.69) is 12.1 Å². The number of phenolic OH excluding ortho intramolecular Hbond substituents is 1. The van der Waals surface area contributed by atoms with E-state index < -0.39 is 0 Å². The van der Waals surface area contributed by atoms with Gasteiger partial charge in [0.05, 0.1) is 0 Å². The van der Waals surface area contributed by atoms with Crippen molar-refractivity contribution in [1.29, 1.82) is 0 Å². The quantitative estimate of drug-likeness (QED) is 0.674. The van der Waals surface area contributed by atoms with Gasteiger partial charge in [-0.2, -0.15) is 0 Å². The Balaban J connectivity index is 2.33. The van der Waals surface area contributed by atoms with Crippen LogP contribution in [0.2, 0.25) is 0 Å². The van der Waals surface area contributed by atoms with Gasteiger partial charge >= 0.3 is 0 Å². The maximum absolute atomic E-state index is 9.44. The molecule has 1 N–H and O–H groups in total. The molecule has 0 aliphatic heterocycles. The molecule has 0 unspecified atom stereocenters. The van der Waals surface area contributed by atoms with Gasteiger partial charge in [0.2, 0.25) is 0 Å². The molecule has 0 saturated heterocycles. The fraction of sp³-hybridized carbons (Fsp3) is 0.0667. The molecule has 0 bridgehead atoms. The summed E-state index contributed by atoms with van der Waals surface area (Å²) in [6.07, 6.45) is 0. The van der Waals surface area contributed by atoms with Gasteiger partial charge in [0, 0.05) is 17.0 Å². The predicted octanol–water partition coefficient (Wildman–Crippen LogP) is 4.11. The number of furan rings is 1. The van der Waals surface area contributed by atoms with E-state index in [4.69, 9.17) is 4.42 Å². The highest BCUT2D eigenvalue weighted by atomic mass is 16.3. The standard InChI is InChI=1S/C15H12O2/c1-10-15(11-5-3-2-4-6-11)13-8-7-12(16)9-14(13)17-10/h2-9,16H,1H3. The Bertz CT molecular complexity index is 666. The molecule has 0 atom stereocenters. The topological polar surface area (TPSA) is 33.4 Å². The molecule has 0 aliphatic carbocycles. The minimum absolute atomic E-state index is 0.228. The van der Waals surface area contributed by atoms with Crippen LogP contribution in [0.15, 0.2) is 52.9 Å². The molecular weight excluding hydrogens is 212 g/mol. The lowest BCUT2D eigenvalue weighted by molar-refractivity contribution is 0.474. The first-order chi connectivity index (χ1) is 8.25. The van der Waals surface area contributed by atoms with Gasteiger partial charge in [-0.25, -0.2) is 0 Å². The van der Waals surface area contributed by atoms with E-state index in [9.17, 15) is 5.11 Å². The lowest BCUT2D eigenvalue weighted by Crippen LogP contribution is -1.77. The maximum atomic E-state index is 9.44. The van der Waals surface area contributed by atoms with Crippen LogP contribution >= 0.6 is 0 Å². The van der Waals surface area contributed by atoms with Gasteiger partial charge in [-0.3, -0.25) is 0 Å². The number of aromatic hydroxyl groups is 1. The summed E-state index contributed by atoms with van der Waals surface area (Å²) < 4.78 is 5.67. The Morgan fingerprint density at radius 2 is 1.76 bits per heavy atom. The van der Waals surface area contributed by atoms with Crippen molar-refractivity contribution in [3.8, 4) is 16.9 Å². The summed E-state index contributed by atoms with van der Waals surface area (Å²) in [4.78, 5) is 0. The highest BCUT2D eigenvalue weighted by Crippen LogP contribution is 2.35. The van der Waals surface area contributed by atoms with Crippen molar-refractivity contribution in [3.63, 3.8) is 0 Å². The minimum atomic E-state index is 0.228. The van der Waals surface area contributed by atoms with E-state index in [1.165, 1.54) is 0 Å². The number of fused-ring (bicyclic) bond motifs is 1. The molecule has 2 nitrogen and oxygen atoms in total. The first kappa shape index (κ1) is 9.97. The lowest BCUT2D eigenvalue weighted by Gasteiger charge is -1.99. The van der Waals surface area contributed by atoms with Crippen molar-refractivity contribution in [1.82, 2.24) is 0 Å². The Morgan fingerprint density at radius 3 is 2.53 bits per heavy atom. The first-order valence-electron chi connectivity index (χ1n) is 5.53. The summed E-state index contributed by atoms with van der Waals surface area (Å²) in [5, 5.41) is 10.5.